The molecule has 1 aliphatic heterocycles. The van der Waals surface area contributed by atoms with Crippen LogP contribution in [0.25, 0.3) is 0 Å². The predicted molar refractivity (Wildman–Crippen MR) is 106 cm³/mol. The predicted octanol–water partition coefficient (Wildman–Crippen LogP) is 0.589. The number of carboxylic acids is 1. The Morgan fingerprint density at radius 2 is 1.93 bits per heavy atom. The lowest BCUT2D eigenvalue weighted by Crippen LogP contribution is -2.42. The summed E-state index contributed by atoms with van der Waals surface area (Å²) >= 11 is 0. The van der Waals surface area contributed by atoms with Crippen molar-refractivity contribution in [3.8, 4) is 0 Å². The molecule has 0 aromatic heterocycles. The van der Waals surface area contributed by atoms with E-state index in [2.05, 4.69) is 10.2 Å². The summed E-state index contributed by atoms with van der Waals surface area (Å²) in [6.45, 7) is 4.57. The van der Waals surface area contributed by atoms with E-state index in [-0.39, 0.29) is 25.3 Å². The summed E-state index contributed by atoms with van der Waals surface area (Å²) in [5, 5.41) is 12.1. The molecule has 0 unspecified atom stereocenters. The fourth-order valence-electron chi connectivity index (χ4n) is 2.85. The van der Waals surface area contributed by atoms with Crippen LogP contribution in [0.2, 0.25) is 0 Å². The van der Waals surface area contributed by atoms with Crippen molar-refractivity contribution in [1.29, 1.82) is 0 Å². The Labute approximate surface area is 170 Å². The number of morpholine rings is 1. The molecule has 2 amide bonds. The normalized spacial score (nSPS) is 15.3. The minimum Gasteiger partial charge on any atom is -0.478 e. The molecular formula is C20H29N3O6. The lowest BCUT2D eigenvalue weighted by Gasteiger charge is -2.26. The van der Waals surface area contributed by atoms with Gasteiger partial charge < -0.3 is 24.8 Å². The summed E-state index contributed by atoms with van der Waals surface area (Å²) in [6.07, 6.45) is -1.85. The van der Waals surface area contributed by atoms with E-state index in [1.807, 2.05) is 6.07 Å². The average Bonchev–Trinajstić information content (AvgIpc) is 2.73. The molecular weight excluding hydrogens is 378 g/mol. The number of benzene rings is 1. The minimum atomic E-state index is -1.28. The molecule has 2 rings (SSSR count). The third-order valence-corrected chi connectivity index (χ3v) is 4.62. The molecule has 0 aliphatic carbocycles. The SMILES string of the molecule is CN(CCC(=O)NCCN1CCOCC1)C(=O)O[C@@H](Cc1ccccc1)C(=O)O. The second-order valence-electron chi connectivity index (χ2n) is 6.88. The number of carboxylic acid groups (broad SMARTS) is 1. The Kier molecular flexibility index (Phi) is 9.39. The third kappa shape index (κ3) is 8.49. The summed E-state index contributed by atoms with van der Waals surface area (Å²) in [5.74, 6) is -1.38. The summed E-state index contributed by atoms with van der Waals surface area (Å²) in [4.78, 5) is 39.0. The molecule has 160 valence electrons. The number of amides is 2. The van der Waals surface area contributed by atoms with Gasteiger partial charge in [-0.1, -0.05) is 30.3 Å². The number of hydrogen-bond donors (Lipinski definition) is 2. The van der Waals surface area contributed by atoms with Crippen LogP contribution in [-0.2, 0) is 25.5 Å². The van der Waals surface area contributed by atoms with Crippen molar-refractivity contribution in [3.05, 3.63) is 35.9 Å². The van der Waals surface area contributed by atoms with Crippen molar-refractivity contribution in [3.63, 3.8) is 0 Å². The second-order valence-corrected chi connectivity index (χ2v) is 6.88. The van der Waals surface area contributed by atoms with Crippen LogP contribution in [0.3, 0.4) is 0 Å². The summed E-state index contributed by atoms with van der Waals surface area (Å²) in [5.41, 5.74) is 0.759. The lowest BCUT2D eigenvalue weighted by molar-refractivity contribution is -0.147. The van der Waals surface area contributed by atoms with Crippen LogP contribution in [0.4, 0.5) is 4.79 Å². The highest BCUT2D eigenvalue weighted by molar-refractivity contribution is 5.79. The molecule has 1 heterocycles. The van der Waals surface area contributed by atoms with Crippen molar-refractivity contribution in [1.82, 2.24) is 15.1 Å². The summed E-state index contributed by atoms with van der Waals surface area (Å²) < 4.78 is 10.4. The minimum absolute atomic E-state index is 0.0811. The van der Waals surface area contributed by atoms with Gasteiger partial charge in [-0.2, -0.15) is 0 Å². The number of ether oxygens (including phenoxy) is 2. The Hall–Kier alpha value is -2.65. The second kappa shape index (κ2) is 12.0. The Bertz CT molecular complexity index is 663. The van der Waals surface area contributed by atoms with Gasteiger partial charge in [0, 0.05) is 52.6 Å². The summed E-state index contributed by atoms with van der Waals surface area (Å²) in [7, 11) is 1.48. The number of carbonyl (C=O) groups is 3. The maximum Gasteiger partial charge on any atom is 0.410 e. The molecule has 1 saturated heterocycles. The monoisotopic (exact) mass is 407 g/mol. The van der Waals surface area contributed by atoms with Crippen molar-refractivity contribution < 1.29 is 29.0 Å². The van der Waals surface area contributed by atoms with E-state index in [1.165, 1.54) is 11.9 Å². The molecule has 0 spiro atoms. The van der Waals surface area contributed by atoms with Crippen LogP contribution in [0.5, 0.6) is 0 Å². The van der Waals surface area contributed by atoms with Crippen LogP contribution < -0.4 is 5.32 Å². The van der Waals surface area contributed by atoms with Gasteiger partial charge in [-0.05, 0) is 5.56 Å². The molecule has 29 heavy (non-hydrogen) atoms. The number of hydrogen-bond acceptors (Lipinski definition) is 6. The van der Waals surface area contributed by atoms with Gasteiger partial charge in [-0.25, -0.2) is 9.59 Å². The molecule has 1 aliphatic rings. The van der Waals surface area contributed by atoms with Gasteiger partial charge in [0.05, 0.1) is 13.2 Å². The highest BCUT2D eigenvalue weighted by Gasteiger charge is 2.24. The average molecular weight is 407 g/mol. The van der Waals surface area contributed by atoms with Crippen LogP contribution in [-0.4, -0.2) is 92.0 Å². The third-order valence-electron chi connectivity index (χ3n) is 4.62. The zero-order chi connectivity index (χ0) is 21.1. The van der Waals surface area contributed by atoms with E-state index in [4.69, 9.17) is 9.47 Å². The molecule has 1 fully saturated rings. The number of nitrogens with zero attached hydrogens (tertiary/aromatic N) is 2. The van der Waals surface area contributed by atoms with Gasteiger partial charge >= 0.3 is 12.1 Å². The Balaban J connectivity index is 1.68. The van der Waals surface area contributed by atoms with Gasteiger partial charge in [0.1, 0.15) is 0 Å². The van der Waals surface area contributed by atoms with Crippen molar-refractivity contribution in [2.45, 2.75) is 18.9 Å². The molecule has 1 aromatic rings. The maximum atomic E-state index is 12.2. The number of carbonyl (C=O) groups excluding carboxylic acids is 2. The van der Waals surface area contributed by atoms with Crippen molar-refractivity contribution >= 4 is 18.0 Å². The Morgan fingerprint density at radius 3 is 2.59 bits per heavy atom. The van der Waals surface area contributed by atoms with Gasteiger partial charge in [0.15, 0.2) is 0 Å². The first kappa shape index (κ1) is 22.6. The van der Waals surface area contributed by atoms with E-state index in [0.717, 1.165) is 25.2 Å². The molecule has 0 bridgehead atoms. The first-order chi connectivity index (χ1) is 14.0. The molecule has 9 heteroatoms. The van der Waals surface area contributed by atoms with E-state index in [1.54, 1.807) is 24.3 Å². The molecule has 9 nitrogen and oxygen atoms in total. The van der Waals surface area contributed by atoms with E-state index >= 15 is 0 Å². The van der Waals surface area contributed by atoms with E-state index in [0.29, 0.717) is 19.8 Å². The van der Waals surface area contributed by atoms with E-state index < -0.39 is 18.2 Å². The van der Waals surface area contributed by atoms with Gasteiger partial charge in [0.25, 0.3) is 0 Å². The molecule has 0 saturated carbocycles. The quantitative estimate of drug-likeness (QED) is 0.584. The number of rotatable bonds is 10. The summed E-state index contributed by atoms with van der Waals surface area (Å²) in [6, 6.07) is 8.95. The van der Waals surface area contributed by atoms with E-state index in [9.17, 15) is 19.5 Å². The molecule has 2 N–H and O–H groups in total. The smallest absolute Gasteiger partial charge is 0.410 e. The van der Waals surface area contributed by atoms with Gasteiger partial charge in [-0.15, -0.1) is 0 Å². The molecule has 1 aromatic carbocycles. The fourth-order valence-corrected chi connectivity index (χ4v) is 2.85. The van der Waals surface area contributed by atoms with Crippen LogP contribution in [0.1, 0.15) is 12.0 Å². The largest absolute Gasteiger partial charge is 0.478 e. The Morgan fingerprint density at radius 1 is 1.24 bits per heavy atom. The fraction of sp³-hybridized carbons (Fsp3) is 0.550. The number of nitrogens with one attached hydrogen (secondary N) is 1. The zero-order valence-electron chi connectivity index (χ0n) is 16.7. The molecule has 1 atom stereocenters. The van der Waals surface area contributed by atoms with Gasteiger partial charge in [0.2, 0.25) is 12.0 Å². The first-order valence-electron chi connectivity index (χ1n) is 9.71. The zero-order valence-corrected chi connectivity index (χ0v) is 16.7. The first-order valence-corrected chi connectivity index (χ1v) is 9.71. The van der Waals surface area contributed by atoms with Crippen molar-refractivity contribution in [2.24, 2.45) is 0 Å². The highest BCUT2D eigenvalue weighted by atomic mass is 16.6. The number of aliphatic carboxylic acids is 1. The van der Waals surface area contributed by atoms with Crippen molar-refractivity contribution in [2.75, 3.05) is 53.0 Å². The topological polar surface area (TPSA) is 108 Å². The van der Waals surface area contributed by atoms with Crippen LogP contribution in [0, 0.1) is 0 Å². The van der Waals surface area contributed by atoms with Crippen LogP contribution >= 0.6 is 0 Å². The highest BCUT2D eigenvalue weighted by Crippen LogP contribution is 2.08. The lowest BCUT2D eigenvalue weighted by atomic mass is 10.1. The standard InChI is InChI=1S/C20H29N3O6/c1-22(9-7-18(24)21-8-10-23-11-13-28-14-12-23)20(27)29-17(19(25)26)15-16-5-3-2-4-6-16/h2-6,17H,7-15H2,1H3,(H,21,24)(H,25,26)/t17-/m0/s1. The molecule has 0 radical (unpaired) electrons. The van der Waals surface area contributed by atoms with Gasteiger partial charge in [-0.3, -0.25) is 9.69 Å². The maximum absolute atomic E-state index is 12.2. The van der Waals surface area contributed by atoms with Crippen LogP contribution in [0.15, 0.2) is 30.3 Å².